The number of hydrogen-bond donors (Lipinski definition) is 3. The van der Waals surface area contributed by atoms with Gasteiger partial charge in [-0.05, 0) is 62.8 Å². The lowest BCUT2D eigenvalue weighted by atomic mass is 9.95. The van der Waals surface area contributed by atoms with E-state index in [-0.39, 0.29) is 39.6 Å². The van der Waals surface area contributed by atoms with E-state index in [0.717, 1.165) is 5.56 Å². The fourth-order valence-electron chi connectivity index (χ4n) is 3.73. The Balaban J connectivity index is 1.37. The zero-order valence-electron chi connectivity index (χ0n) is 18.4. The molecule has 1 fully saturated rings. The highest BCUT2D eigenvalue weighted by atomic mass is 79.9. The first-order chi connectivity index (χ1) is 16.9. The molecule has 1 saturated heterocycles. The number of aromatic nitrogens is 2. The highest BCUT2D eigenvalue weighted by molar-refractivity contribution is 9.10. The third kappa shape index (κ3) is 6.08. The van der Waals surface area contributed by atoms with Gasteiger partial charge in [-0.3, -0.25) is 20.3 Å². The van der Waals surface area contributed by atoms with Crippen molar-refractivity contribution in [2.75, 3.05) is 18.4 Å². The molecule has 0 aliphatic carbocycles. The van der Waals surface area contributed by atoms with Gasteiger partial charge in [-0.25, -0.2) is 14.0 Å². The van der Waals surface area contributed by atoms with Crippen LogP contribution in [-0.4, -0.2) is 51.2 Å². The molecule has 1 aliphatic heterocycles. The average Bonchev–Trinajstić information content (AvgIpc) is 3.33. The van der Waals surface area contributed by atoms with E-state index in [1.807, 2.05) is 35.8 Å². The molecule has 0 saturated carbocycles. The summed E-state index contributed by atoms with van der Waals surface area (Å²) in [6, 6.07) is 13.5. The van der Waals surface area contributed by atoms with Crippen LogP contribution >= 0.6 is 15.9 Å². The Hall–Kier alpha value is -3.64. The zero-order valence-corrected chi connectivity index (χ0v) is 20.0. The number of anilines is 1. The van der Waals surface area contributed by atoms with E-state index in [2.05, 4.69) is 36.6 Å². The smallest absolute Gasteiger partial charge is 0.228 e. The van der Waals surface area contributed by atoms with Crippen LogP contribution in [0.5, 0.6) is 0 Å². The first-order valence-corrected chi connectivity index (χ1v) is 11.6. The van der Waals surface area contributed by atoms with Gasteiger partial charge in [0.1, 0.15) is 5.82 Å². The van der Waals surface area contributed by atoms with Gasteiger partial charge in [0.25, 0.3) is 0 Å². The van der Waals surface area contributed by atoms with Crippen LogP contribution in [0.4, 0.5) is 15.9 Å². The second kappa shape index (κ2) is 11.2. The summed E-state index contributed by atoms with van der Waals surface area (Å²) in [7, 11) is 0. The van der Waals surface area contributed by atoms with Gasteiger partial charge in [0.05, 0.1) is 16.6 Å². The largest absolute Gasteiger partial charge is 0.342 e. The van der Waals surface area contributed by atoms with E-state index in [0.29, 0.717) is 38.0 Å². The topological polar surface area (TPSA) is 133 Å². The Kier molecular flexibility index (Phi) is 7.83. The highest BCUT2D eigenvalue weighted by Crippen LogP contribution is 2.24. The third-order valence-corrected chi connectivity index (χ3v) is 6.23. The summed E-state index contributed by atoms with van der Waals surface area (Å²) >= 11 is 3.07. The second-order valence-corrected chi connectivity index (χ2v) is 8.79. The zero-order chi connectivity index (χ0) is 24.8. The molecule has 0 bridgehead atoms. The quantitative estimate of drug-likeness (QED) is 0.246. The van der Waals surface area contributed by atoms with E-state index in [1.165, 1.54) is 18.2 Å². The van der Waals surface area contributed by atoms with E-state index in [4.69, 9.17) is 4.63 Å². The van der Waals surface area contributed by atoms with E-state index >= 15 is 0 Å². The molecular weight excluding hydrogens is 523 g/mol. The van der Waals surface area contributed by atoms with E-state index in [9.17, 15) is 19.2 Å². The fraction of sp³-hybridized carbons (Fsp3) is 0.261. The predicted octanol–water partition coefficient (Wildman–Crippen LogP) is 3.45. The molecule has 0 atom stereocenters. The average molecular weight is 545 g/mol. The molecule has 1 aromatic heterocycles. The number of carbonyl (C=O) groups excluding carboxylic acids is 2. The number of rotatable bonds is 6. The third-order valence-electron chi connectivity index (χ3n) is 5.62. The predicted molar refractivity (Wildman–Crippen MR) is 128 cm³/mol. The van der Waals surface area contributed by atoms with Crippen LogP contribution in [0.1, 0.15) is 24.1 Å². The van der Waals surface area contributed by atoms with Crippen molar-refractivity contribution in [3.63, 3.8) is 0 Å². The number of aliphatic imine (C=N–C) groups is 1. The number of hydroxylamine groups is 1. The number of piperidine rings is 1. The minimum absolute atomic E-state index is 0.0281. The van der Waals surface area contributed by atoms with Crippen LogP contribution in [0.25, 0.3) is 0 Å². The van der Waals surface area contributed by atoms with Crippen LogP contribution in [-0.2, 0) is 16.0 Å². The lowest BCUT2D eigenvalue weighted by Gasteiger charge is -2.31. The number of nitrogens with zero attached hydrogens (tertiary/aromatic N) is 4. The summed E-state index contributed by atoms with van der Waals surface area (Å²) in [5, 5.41) is 19.6. The molecule has 3 aromatic rings. The number of benzene rings is 2. The molecule has 182 valence electrons. The Morgan fingerprint density at radius 1 is 1.17 bits per heavy atom. The van der Waals surface area contributed by atoms with Gasteiger partial charge in [-0.1, -0.05) is 30.3 Å². The molecule has 2 aromatic carbocycles. The lowest BCUT2D eigenvalue weighted by Crippen LogP contribution is -2.42. The van der Waals surface area contributed by atoms with Crippen LogP contribution in [0.3, 0.4) is 0 Å². The van der Waals surface area contributed by atoms with Crippen molar-refractivity contribution in [1.29, 1.82) is 0 Å². The van der Waals surface area contributed by atoms with Gasteiger partial charge in [0.15, 0.2) is 11.5 Å². The fourth-order valence-corrected chi connectivity index (χ4v) is 4.10. The van der Waals surface area contributed by atoms with Crippen LogP contribution < -0.4 is 10.8 Å². The van der Waals surface area contributed by atoms with Gasteiger partial charge in [0, 0.05) is 19.0 Å². The molecule has 0 unspecified atom stereocenters. The maximum atomic E-state index is 13.5. The van der Waals surface area contributed by atoms with Crippen LogP contribution in [0, 0.1) is 11.7 Å². The number of carbonyl (C=O) groups is 2. The van der Waals surface area contributed by atoms with Crippen molar-refractivity contribution in [2.45, 2.75) is 19.3 Å². The molecule has 12 heteroatoms. The normalized spacial score (nSPS) is 14.6. The Bertz CT molecular complexity index is 1230. The van der Waals surface area contributed by atoms with Gasteiger partial charge in [0.2, 0.25) is 17.6 Å². The lowest BCUT2D eigenvalue weighted by molar-refractivity contribution is -0.133. The molecule has 10 nitrogen and oxygen atoms in total. The van der Waals surface area contributed by atoms with E-state index < -0.39 is 5.82 Å². The number of hydrogen-bond acceptors (Lipinski definition) is 7. The highest BCUT2D eigenvalue weighted by Gasteiger charge is 2.29. The Morgan fingerprint density at radius 3 is 2.60 bits per heavy atom. The van der Waals surface area contributed by atoms with Gasteiger partial charge >= 0.3 is 0 Å². The van der Waals surface area contributed by atoms with Gasteiger partial charge in [-0.2, -0.15) is 0 Å². The maximum Gasteiger partial charge on any atom is 0.228 e. The molecule has 0 radical (unpaired) electrons. The molecule has 0 spiro atoms. The van der Waals surface area contributed by atoms with Crippen molar-refractivity contribution >= 4 is 45.1 Å². The summed E-state index contributed by atoms with van der Waals surface area (Å²) in [5.41, 5.74) is 3.13. The summed E-state index contributed by atoms with van der Waals surface area (Å²) < 4.78 is 18.4. The summed E-state index contributed by atoms with van der Waals surface area (Å²) in [4.78, 5) is 31.3. The summed E-state index contributed by atoms with van der Waals surface area (Å²) in [5.74, 6) is -1.26. The second-order valence-electron chi connectivity index (χ2n) is 7.94. The number of amidine groups is 1. The van der Waals surface area contributed by atoms with Gasteiger partial charge < -0.3 is 10.2 Å². The number of amides is 2. The van der Waals surface area contributed by atoms with E-state index in [1.54, 1.807) is 4.90 Å². The molecular formula is C23H22BrFN6O4. The van der Waals surface area contributed by atoms with Crippen molar-refractivity contribution < 1.29 is 23.8 Å². The summed E-state index contributed by atoms with van der Waals surface area (Å²) in [6.45, 7) is 0.941. The minimum atomic E-state index is -0.466. The minimum Gasteiger partial charge on any atom is -0.342 e. The molecule has 2 amide bonds. The standard InChI is InChI=1S/C23H22BrFN6O4/c24-17-13-16(6-7-18(17)25)26-21(28-34)20-22(30-35-29-20)27-23(33)15-8-10-31(11-9-15)19(32)12-14-4-2-1-3-5-14/h1-7,13,15,34H,8-12H2,(H,26,28)(H,27,30,33). The monoisotopic (exact) mass is 544 g/mol. The maximum absolute atomic E-state index is 13.5. The first-order valence-electron chi connectivity index (χ1n) is 10.8. The Labute approximate surface area is 208 Å². The molecule has 35 heavy (non-hydrogen) atoms. The molecule has 1 aliphatic rings. The van der Waals surface area contributed by atoms with Crippen molar-refractivity contribution in [2.24, 2.45) is 10.9 Å². The van der Waals surface area contributed by atoms with Crippen molar-refractivity contribution in [3.05, 3.63) is 70.1 Å². The Morgan fingerprint density at radius 2 is 1.91 bits per heavy atom. The molecule has 2 heterocycles. The number of likely N-dealkylation sites (tertiary alicyclic amines) is 1. The molecule has 3 N–H and O–H groups in total. The van der Waals surface area contributed by atoms with Crippen molar-refractivity contribution in [3.8, 4) is 0 Å². The summed E-state index contributed by atoms with van der Waals surface area (Å²) in [6.07, 6.45) is 1.32. The SMILES string of the molecule is O=C(Nc1nonc1C(=Nc1ccc(F)c(Br)c1)NO)C1CCN(C(=O)Cc2ccccc2)CC1. The number of halogens is 2. The first kappa shape index (κ1) is 24.5. The molecule has 4 rings (SSSR count). The van der Waals surface area contributed by atoms with Crippen molar-refractivity contribution in [1.82, 2.24) is 20.7 Å². The van der Waals surface area contributed by atoms with Crippen LogP contribution in [0.15, 0.2) is 62.6 Å². The van der Waals surface area contributed by atoms with Crippen LogP contribution in [0.2, 0.25) is 0 Å². The number of nitrogens with one attached hydrogen (secondary N) is 2. The van der Waals surface area contributed by atoms with Gasteiger partial charge in [-0.15, -0.1) is 0 Å².